The van der Waals surface area contributed by atoms with Gasteiger partial charge in [0, 0.05) is 20.3 Å². The van der Waals surface area contributed by atoms with Crippen molar-refractivity contribution in [3.63, 3.8) is 0 Å². The second-order valence-corrected chi connectivity index (χ2v) is 3.03. The third kappa shape index (κ3) is 1.63. The van der Waals surface area contributed by atoms with E-state index < -0.39 is 0 Å². The Morgan fingerprint density at radius 3 is 2.45 bits per heavy atom. The first-order valence-electron chi connectivity index (χ1n) is 3.41. The zero-order valence-electron chi connectivity index (χ0n) is 6.93. The predicted octanol–water partition coefficient (Wildman–Crippen LogP) is 2.11. The highest BCUT2D eigenvalue weighted by molar-refractivity contribution is 6.33. The standard InChI is InChI=1S/C8H11ClN2/c1-6-8(11(2)3)7(9)4-5-10-6/h4-5H,1-3H3. The highest BCUT2D eigenvalue weighted by Crippen LogP contribution is 2.25. The van der Waals surface area contributed by atoms with E-state index in [-0.39, 0.29) is 0 Å². The number of rotatable bonds is 1. The van der Waals surface area contributed by atoms with E-state index in [2.05, 4.69) is 4.98 Å². The van der Waals surface area contributed by atoms with Crippen LogP contribution < -0.4 is 4.90 Å². The molecule has 0 saturated heterocycles. The Bertz CT molecular complexity index is 238. The SMILES string of the molecule is Cc1nccc(Cl)c1N(C)C. The molecule has 0 radical (unpaired) electrons. The van der Waals surface area contributed by atoms with Crippen LogP contribution in [0.15, 0.2) is 12.3 Å². The van der Waals surface area contributed by atoms with Crippen molar-refractivity contribution >= 4 is 17.3 Å². The Balaban J connectivity index is 3.21. The van der Waals surface area contributed by atoms with Crippen molar-refractivity contribution in [3.8, 4) is 0 Å². The minimum absolute atomic E-state index is 0.752. The van der Waals surface area contributed by atoms with Gasteiger partial charge in [-0.15, -0.1) is 0 Å². The Hall–Kier alpha value is -0.760. The van der Waals surface area contributed by atoms with Crippen molar-refractivity contribution in [1.82, 2.24) is 4.98 Å². The van der Waals surface area contributed by atoms with Gasteiger partial charge in [0.2, 0.25) is 0 Å². The summed E-state index contributed by atoms with van der Waals surface area (Å²) < 4.78 is 0. The molecule has 0 aliphatic rings. The number of hydrogen-bond acceptors (Lipinski definition) is 2. The highest BCUT2D eigenvalue weighted by Gasteiger charge is 2.05. The van der Waals surface area contributed by atoms with Crippen LogP contribution in [0.2, 0.25) is 5.02 Å². The molecule has 0 saturated carbocycles. The van der Waals surface area contributed by atoms with Crippen molar-refractivity contribution < 1.29 is 0 Å². The Morgan fingerprint density at radius 2 is 2.09 bits per heavy atom. The molecule has 0 fully saturated rings. The molecule has 1 rings (SSSR count). The van der Waals surface area contributed by atoms with Gasteiger partial charge in [-0.1, -0.05) is 11.6 Å². The van der Waals surface area contributed by atoms with Crippen LogP contribution in [-0.2, 0) is 0 Å². The third-order valence-electron chi connectivity index (χ3n) is 1.51. The van der Waals surface area contributed by atoms with Gasteiger partial charge >= 0.3 is 0 Å². The fraction of sp³-hybridized carbons (Fsp3) is 0.375. The molecule has 1 aromatic heterocycles. The molecule has 3 heteroatoms. The summed E-state index contributed by atoms with van der Waals surface area (Å²) in [4.78, 5) is 6.10. The van der Waals surface area contributed by atoms with Gasteiger partial charge in [-0.2, -0.15) is 0 Å². The number of halogens is 1. The normalized spacial score (nSPS) is 9.82. The Morgan fingerprint density at radius 1 is 1.45 bits per heavy atom. The molecule has 1 aromatic rings. The number of hydrogen-bond donors (Lipinski definition) is 0. The van der Waals surface area contributed by atoms with Crippen molar-refractivity contribution in [3.05, 3.63) is 23.0 Å². The molecular formula is C8H11ClN2. The number of aryl methyl sites for hydroxylation is 1. The van der Waals surface area contributed by atoms with Gasteiger partial charge in [-0.05, 0) is 13.0 Å². The molecule has 1 heterocycles. The second kappa shape index (κ2) is 3.09. The highest BCUT2D eigenvalue weighted by atomic mass is 35.5. The molecule has 0 amide bonds. The summed E-state index contributed by atoms with van der Waals surface area (Å²) >= 11 is 5.94. The molecule has 0 aliphatic carbocycles. The molecule has 0 aliphatic heterocycles. The summed E-state index contributed by atoms with van der Waals surface area (Å²) in [5.74, 6) is 0. The lowest BCUT2D eigenvalue weighted by Gasteiger charge is -2.15. The summed E-state index contributed by atoms with van der Waals surface area (Å²) in [6.45, 7) is 1.95. The smallest absolute Gasteiger partial charge is 0.0766 e. The fourth-order valence-electron chi connectivity index (χ4n) is 1.06. The average Bonchev–Trinajstić information content (AvgIpc) is 1.85. The zero-order valence-corrected chi connectivity index (χ0v) is 7.68. The summed E-state index contributed by atoms with van der Waals surface area (Å²) in [6, 6.07) is 1.80. The summed E-state index contributed by atoms with van der Waals surface area (Å²) in [7, 11) is 3.91. The van der Waals surface area contributed by atoms with Crippen LogP contribution in [0.25, 0.3) is 0 Å². The molecule has 0 aromatic carbocycles. The van der Waals surface area contributed by atoms with Gasteiger partial charge < -0.3 is 4.90 Å². The van der Waals surface area contributed by atoms with Gasteiger partial charge in [0.05, 0.1) is 16.4 Å². The average molecular weight is 171 g/mol. The van der Waals surface area contributed by atoms with Crippen LogP contribution in [0.1, 0.15) is 5.69 Å². The van der Waals surface area contributed by atoms with Crippen LogP contribution in [0.5, 0.6) is 0 Å². The lowest BCUT2D eigenvalue weighted by molar-refractivity contribution is 1.07. The summed E-state index contributed by atoms with van der Waals surface area (Å²) in [5.41, 5.74) is 1.96. The van der Waals surface area contributed by atoms with E-state index in [9.17, 15) is 0 Å². The van der Waals surface area contributed by atoms with Gasteiger partial charge in [0.1, 0.15) is 0 Å². The molecule has 11 heavy (non-hydrogen) atoms. The quantitative estimate of drug-likeness (QED) is 0.642. The fourth-order valence-corrected chi connectivity index (χ4v) is 1.43. The first kappa shape index (κ1) is 8.34. The first-order chi connectivity index (χ1) is 5.13. The minimum Gasteiger partial charge on any atom is -0.375 e. The van der Waals surface area contributed by atoms with E-state index >= 15 is 0 Å². The van der Waals surface area contributed by atoms with Crippen LogP contribution in [0, 0.1) is 6.92 Å². The monoisotopic (exact) mass is 170 g/mol. The van der Waals surface area contributed by atoms with Gasteiger partial charge in [0.25, 0.3) is 0 Å². The van der Waals surface area contributed by atoms with E-state index in [0.717, 1.165) is 16.4 Å². The molecule has 0 N–H and O–H groups in total. The zero-order chi connectivity index (χ0) is 8.43. The maximum absolute atomic E-state index is 5.94. The molecule has 0 spiro atoms. The number of anilines is 1. The van der Waals surface area contributed by atoms with Crippen LogP contribution in [0.3, 0.4) is 0 Å². The topological polar surface area (TPSA) is 16.1 Å². The third-order valence-corrected chi connectivity index (χ3v) is 1.81. The molecule has 0 bridgehead atoms. The van der Waals surface area contributed by atoms with E-state index in [4.69, 9.17) is 11.6 Å². The lowest BCUT2D eigenvalue weighted by atomic mass is 10.3. The van der Waals surface area contributed by atoms with E-state index in [1.54, 1.807) is 12.3 Å². The van der Waals surface area contributed by atoms with Crippen molar-refractivity contribution in [2.24, 2.45) is 0 Å². The number of aromatic nitrogens is 1. The number of nitrogens with zero attached hydrogens (tertiary/aromatic N) is 2. The van der Waals surface area contributed by atoms with Crippen LogP contribution in [0.4, 0.5) is 5.69 Å². The molecule has 0 unspecified atom stereocenters. The maximum Gasteiger partial charge on any atom is 0.0766 e. The summed E-state index contributed by atoms with van der Waals surface area (Å²) in [5, 5.41) is 0.752. The van der Waals surface area contributed by atoms with E-state index in [1.807, 2.05) is 25.9 Å². The molecule has 2 nitrogen and oxygen atoms in total. The lowest BCUT2D eigenvalue weighted by Crippen LogP contribution is -2.11. The molecular weight excluding hydrogens is 160 g/mol. The maximum atomic E-state index is 5.94. The van der Waals surface area contributed by atoms with E-state index in [0.29, 0.717) is 0 Å². The minimum atomic E-state index is 0.752. The summed E-state index contributed by atoms with van der Waals surface area (Å²) in [6.07, 6.45) is 1.71. The first-order valence-corrected chi connectivity index (χ1v) is 3.79. The van der Waals surface area contributed by atoms with Crippen LogP contribution in [-0.4, -0.2) is 19.1 Å². The molecule has 0 atom stereocenters. The van der Waals surface area contributed by atoms with Crippen molar-refractivity contribution in [2.75, 3.05) is 19.0 Å². The second-order valence-electron chi connectivity index (χ2n) is 2.62. The van der Waals surface area contributed by atoms with E-state index in [1.165, 1.54) is 0 Å². The Kier molecular flexibility index (Phi) is 2.35. The molecule has 60 valence electrons. The van der Waals surface area contributed by atoms with Crippen molar-refractivity contribution in [2.45, 2.75) is 6.92 Å². The van der Waals surface area contributed by atoms with Crippen molar-refractivity contribution in [1.29, 1.82) is 0 Å². The van der Waals surface area contributed by atoms with Gasteiger partial charge in [-0.25, -0.2) is 0 Å². The largest absolute Gasteiger partial charge is 0.375 e. The number of pyridine rings is 1. The predicted molar refractivity (Wildman–Crippen MR) is 48.3 cm³/mol. The van der Waals surface area contributed by atoms with Gasteiger partial charge in [-0.3, -0.25) is 4.98 Å². The van der Waals surface area contributed by atoms with Crippen LogP contribution >= 0.6 is 11.6 Å². The Labute approximate surface area is 71.8 Å². The van der Waals surface area contributed by atoms with Gasteiger partial charge in [0.15, 0.2) is 0 Å².